The molecule has 0 unspecified atom stereocenters. The third-order valence-corrected chi connectivity index (χ3v) is 2.86. The second-order valence-electron chi connectivity index (χ2n) is 4.62. The van der Waals surface area contributed by atoms with Crippen molar-refractivity contribution in [3.8, 4) is 0 Å². The summed E-state index contributed by atoms with van der Waals surface area (Å²) in [4.78, 5) is 0. The van der Waals surface area contributed by atoms with Crippen LogP contribution in [0.1, 0.15) is 65.2 Å². The average Bonchev–Trinajstić information content (AvgIpc) is 2.31. The minimum Gasteiger partial charge on any atom is -0.315 e. The third kappa shape index (κ3) is 13.9. The first-order valence-electron chi connectivity index (χ1n) is 7.33. The molecule has 2 heteroatoms. The topological polar surface area (TPSA) is 24.1 Å². The predicted molar refractivity (Wildman–Crippen MR) is 74.0 cm³/mol. The maximum Gasteiger partial charge on any atom is 0.00767 e. The van der Waals surface area contributed by atoms with Gasteiger partial charge in [-0.3, -0.25) is 0 Å². The van der Waals surface area contributed by atoms with Gasteiger partial charge in [0.25, 0.3) is 0 Å². The molecule has 0 aromatic rings. The summed E-state index contributed by atoms with van der Waals surface area (Å²) in [5, 5.41) is 6.88. The summed E-state index contributed by atoms with van der Waals surface area (Å²) in [6.45, 7) is 9.07. The minimum absolute atomic E-state index is 1.12. The zero-order valence-electron chi connectivity index (χ0n) is 11.5. The second kappa shape index (κ2) is 14.9. The Hall–Kier alpha value is -0.0800. The molecule has 0 aliphatic heterocycles. The second-order valence-corrected chi connectivity index (χ2v) is 4.62. The summed E-state index contributed by atoms with van der Waals surface area (Å²) < 4.78 is 0. The molecular weight excluding hydrogens is 196 g/mol. The Kier molecular flexibility index (Phi) is 14.8. The van der Waals surface area contributed by atoms with Crippen LogP contribution in [0, 0.1) is 0 Å². The van der Waals surface area contributed by atoms with E-state index in [1.165, 1.54) is 57.9 Å². The van der Waals surface area contributed by atoms with E-state index in [1.54, 1.807) is 0 Å². The first-order valence-corrected chi connectivity index (χ1v) is 7.33. The van der Waals surface area contributed by atoms with Crippen molar-refractivity contribution in [2.24, 2.45) is 0 Å². The molecule has 0 aromatic heterocycles. The van der Waals surface area contributed by atoms with Crippen LogP contribution in [-0.4, -0.2) is 26.2 Å². The van der Waals surface area contributed by atoms with Gasteiger partial charge in [-0.25, -0.2) is 0 Å². The van der Waals surface area contributed by atoms with Gasteiger partial charge in [0.1, 0.15) is 0 Å². The summed E-state index contributed by atoms with van der Waals surface area (Å²) in [7, 11) is 0. The van der Waals surface area contributed by atoms with Crippen molar-refractivity contribution in [3.05, 3.63) is 0 Å². The molecule has 2 N–H and O–H groups in total. The molecule has 0 aliphatic carbocycles. The van der Waals surface area contributed by atoms with Gasteiger partial charge in [0, 0.05) is 13.1 Å². The highest BCUT2D eigenvalue weighted by Gasteiger charge is 1.91. The van der Waals surface area contributed by atoms with E-state index >= 15 is 0 Å². The third-order valence-electron chi connectivity index (χ3n) is 2.86. The van der Waals surface area contributed by atoms with Crippen LogP contribution >= 0.6 is 0 Å². The van der Waals surface area contributed by atoms with Crippen molar-refractivity contribution in [1.29, 1.82) is 0 Å². The fourth-order valence-electron chi connectivity index (χ4n) is 1.81. The Bertz CT molecular complexity index is 101. The molecule has 0 amide bonds. The Morgan fingerprint density at radius 2 is 1.06 bits per heavy atom. The van der Waals surface area contributed by atoms with Crippen molar-refractivity contribution in [2.45, 2.75) is 65.2 Å². The van der Waals surface area contributed by atoms with Gasteiger partial charge in [0.05, 0.1) is 0 Å². The van der Waals surface area contributed by atoms with E-state index in [-0.39, 0.29) is 0 Å². The molecule has 0 saturated carbocycles. The lowest BCUT2D eigenvalue weighted by atomic mass is 10.1. The van der Waals surface area contributed by atoms with Gasteiger partial charge in [-0.1, -0.05) is 52.4 Å². The van der Waals surface area contributed by atoms with Crippen LogP contribution in [0.25, 0.3) is 0 Å². The van der Waals surface area contributed by atoms with Gasteiger partial charge >= 0.3 is 0 Å². The van der Waals surface area contributed by atoms with E-state index in [0.29, 0.717) is 0 Å². The normalized spacial score (nSPS) is 10.9. The molecule has 0 saturated heterocycles. The largest absolute Gasteiger partial charge is 0.315 e. The molecule has 0 heterocycles. The molecule has 0 aromatic carbocycles. The molecule has 0 aliphatic rings. The van der Waals surface area contributed by atoms with Crippen molar-refractivity contribution in [1.82, 2.24) is 10.6 Å². The van der Waals surface area contributed by atoms with Gasteiger partial charge in [-0.2, -0.15) is 0 Å². The van der Waals surface area contributed by atoms with Gasteiger partial charge in [-0.15, -0.1) is 0 Å². The summed E-state index contributed by atoms with van der Waals surface area (Å²) in [6, 6.07) is 0. The molecular formula is C14H32N2. The van der Waals surface area contributed by atoms with E-state index < -0.39 is 0 Å². The summed E-state index contributed by atoms with van der Waals surface area (Å²) in [5.41, 5.74) is 0. The molecule has 0 fully saturated rings. The molecule has 2 nitrogen and oxygen atoms in total. The number of hydrogen-bond acceptors (Lipinski definition) is 2. The van der Waals surface area contributed by atoms with Crippen LogP contribution in [0.2, 0.25) is 0 Å². The summed E-state index contributed by atoms with van der Waals surface area (Å²) in [6.07, 6.45) is 11.1. The zero-order valence-corrected chi connectivity index (χ0v) is 11.5. The van der Waals surface area contributed by atoms with Crippen molar-refractivity contribution >= 4 is 0 Å². The van der Waals surface area contributed by atoms with Crippen LogP contribution in [0.3, 0.4) is 0 Å². The Labute approximate surface area is 103 Å². The molecule has 0 bridgehead atoms. The molecule has 0 radical (unpaired) electrons. The first kappa shape index (κ1) is 15.9. The van der Waals surface area contributed by atoms with Gasteiger partial charge in [0.15, 0.2) is 0 Å². The highest BCUT2D eigenvalue weighted by molar-refractivity contribution is 4.52. The summed E-state index contributed by atoms with van der Waals surface area (Å²) in [5.74, 6) is 0. The predicted octanol–water partition coefficient (Wildman–Crippen LogP) is 3.33. The standard InChI is InChI=1S/C14H32N2/c1-3-5-6-7-8-9-10-12-16-14-13-15-11-4-2/h15-16H,3-14H2,1-2H3. The SMILES string of the molecule is CCCCCCCCCNCCNCCC. The Balaban J connectivity index is 2.83. The fourth-order valence-corrected chi connectivity index (χ4v) is 1.81. The number of nitrogens with one attached hydrogen (secondary N) is 2. The minimum atomic E-state index is 1.12. The molecule has 98 valence electrons. The van der Waals surface area contributed by atoms with E-state index in [2.05, 4.69) is 24.5 Å². The Morgan fingerprint density at radius 1 is 0.500 bits per heavy atom. The first-order chi connectivity index (χ1) is 7.91. The van der Waals surface area contributed by atoms with Crippen LogP contribution in [0.4, 0.5) is 0 Å². The lowest BCUT2D eigenvalue weighted by Crippen LogP contribution is -2.28. The van der Waals surface area contributed by atoms with Crippen LogP contribution in [-0.2, 0) is 0 Å². The van der Waals surface area contributed by atoms with Crippen LogP contribution < -0.4 is 10.6 Å². The molecule has 0 spiro atoms. The van der Waals surface area contributed by atoms with Crippen LogP contribution in [0.5, 0.6) is 0 Å². The lowest BCUT2D eigenvalue weighted by Gasteiger charge is -2.05. The zero-order chi connectivity index (χ0) is 11.9. The van der Waals surface area contributed by atoms with E-state index in [0.717, 1.165) is 19.6 Å². The van der Waals surface area contributed by atoms with E-state index in [9.17, 15) is 0 Å². The average molecular weight is 228 g/mol. The number of unbranched alkanes of at least 4 members (excludes halogenated alkanes) is 6. The van der Waals surface area contributed by atoms with Gasteiger partial charge < -0.3 is 10.6 Å². The van der Waals surface area contributed by atoms with Crippen molar-refractivity contribution < 1.29 is 0 Å². The lowest BCUT2D eigenvalue weighted by molar-refractivity contribution is 0.551. The maximum atomic E-state index is 3.48. The highest BCUT2D eigenvalue weighted by Crippen LogP contribution is 2.05. The molecule has 0 atom stereocenters. The van der Waals surface area contributed by atoms with E-state index in [4.69, 9.17) is 0 Å². The molecule has 0 rings (SSSR count). The maximum absolute atomic E-state index is 3.48. The number of rotatable bonds is 13. The summed E-state index contributed by atoms with van der Waals surface area (Å²) >= 11 is 0. The van der Waals surface area contributed by atoms with Gasteiger partial charge in [-0.05, 0) is 25.9 Å². The Morgan fingerprint density at radius 3 is 1.69 bits per heavy atom. The van der Waals surface area contributed by atoms with Gasteiger partial charge in [0.2, 0.25) is 0 Å². The quantitative estimate of drug-likeness (QED) is 0.473. The smallest absolute Gasteiger partial charge is 0.00767 e. The van der Waals surface area contributed by atoms with E-state index in [1.807, 2.05) is 0 Å². The van der Waals surface area contributed by atoms with Crippen molar-refractivity contribution in [3.63, 3.8) is 0 Å². The fraction of sp³-hybridized carbons (Fsp3) is 1.00. The monoisotopic (exact) mass is 228 g/mol. The highest BCUT2D eigenvalue weighted by atomic mass is 14.9. The number of hydrogen-bond donors (Lipinski definition) is 2. The molecule has 16 heavy (non-hydrogen) atoms. The van der Waals surface area contributed by atoms with Crippen molar-refractivity contribution in [2.75, 3.05) is 26.2 Å². The van der Waals surface area contributed by atoms with Crippen LogP contribution in [0.15, 0.2) is 0 Å².